The summed E-state index contributed by atoms with van der Waals surface area (Å²) in [4.78, 5) is 0. The minimum absolute atomic E-state index is 0.331. The second kappa shape index (κ2) is 6.81. The van der Waals surface area contributed by atoms with Gasteiger partial charge in [-0.1, -0.05) is 25.0 Å². The van der Waals surface area contributed by atoms with Gasteiger partial charge in [0.2, 0.25) is 0 Å². The monoisotopic (exact) mass is 255 g/mol. The van der Waals surface area contributed by atoms with Gasteiger partial charge in [-0.15, -0.1) is 0 Å². The molecule has 0 radical (unpaired) electrons. The van der Waals surface area contributed by atoms with Crippen molar-refractivity contribution in [3.05, 3.63) is 35.4 Å². The third-order valence-corrected chi connectivity index (χ3v) is 3.28. The molecule has 0 aliphatic heterocycles. The summed E-state index contributed by atoms with van der Waals surface area (Å²) in [5.74, 6) is -1.56. The average molecular weight is 255 g/mol. The molecule has 2 nitrogen and oxygen atoms in total. The van der Waals surface area contributed by atoms with Crippen LogP contribution < -0.4 is 5.32 Å². The molecule has 1 fully saturated rings. The highest BCUT2D eigenvalue weighted by Gasteiger charge is 2.14. The third-order valence-electron chi connectivity index (χ3n) is 3.28. The molecule has 0 saturated heterocycles. The molecule has 1 aliphatic rings. The zero-order valence-electron chi connectivity index (χ0n) is 10.4. The molecular formula is C14H19F2NO. The summed E-state index contributed by atoms with van der Waals surface area (Å²) in [7, 11) is 0. The van der Waals surface area contributed by atoms with Gasteiger partial charge in [0.05, 0.1) is 12.7 Å². The predicted octanol–water partition coefficient (Wildman–Crippen LogP) is 3.01. The molecule has 0 spiro atoms. The van der Waals surface area contributed by atoms with Crippen LogP contribution in [0.3, 0.4) is 0 Å². The van der Waals surface area contributed by atoms with Crippen LogP contribution in [0.5, 0.6) is 0 Å². The van der Waals surface area contributed by atoms with Crippen molar-refractivity contribution in [3.8, 4) is 0 Å². The Kier molecular flexibility index (Phi) is 5.08. The molecule has 0 amide bonds. The SMILES string of the molecule is Fc1cccc(CNCCOC2CCCC2)c1F. The van der Waals surface area contributed by atoms with Crippen LogP contribution in [-0.2, 0) is 11.3 Å². The molecule has 1 aliphatic carbocycles. The fourth-order valence-electron chi connectivity index (χ4n) is 2.26. The lowest BCUT2D eigenvalue weighted by Gasteiger charge is -2.11. The van der Waals surface area contributed by atoms with Crippen LogP contribution in [0.15, 0.2) is 18.2 Å². The van der Waals surface area contributed by atoms with Crippen LogP contribution in [0.4, 0.5) is 8.78 Å². The number of benzene rings is 1. The van der Waals surface area contributed by atoms with E-state index in [0.29, 0.717) is 31.4 Å². The van der Waals surface area contributed by atoms with Crippen LogP contribution in [0.1, 0.15) is 31.2 Å². The summed E-state index contributed by atoms with van der Waals surface area (Å²) in [5.41, 5.74) is 0.357. The maximum atomic E-state index is 13.3. The molecule has 1 aromatic rings. The van der Waals surface area contributed by atoms with E-state index in [1.165, 1.54) is 18.9 Å². The number of halogens is 2. The van der Waals surface area contributed by atoms with Gasteiger partial charge in [-0.05, 0) is 18.9 Å². The van der Waals surface area contributed by atoms with Gasteiger partial charge < -0.3 is 10.1 Å². The van der Waals surface area contributed by atoms with Crippen LogP contribution >= 0.6 is 0 Å². The summed E-state index contributed by atoms with van der Waals surface area (Å²) in [5, 5.41) is 3.06. The van der Waals surface area contributed by atoms with Gasteiger partial charge >= 0.3 is 0 Å². The normalized spacial score (nSPS) is 16.3. The van der Waals surface area contributed by atoms with Gasteiger partial charge in [0.1, 0.15) is 0 Å². The summed E-state index contributed by atoms with van der Waals surface area (Å²) < 4.78 is 31.9. The van der Waals surface area contributed by atoms with Crippen LogP contribution in [0.25, 0.3) is 0 Å². The van der Waals surface area contributed by atoms with Gasteiger partial charge in [0.15, 0.2) is 11.6 Å². The second-order valence-electron chi connectivity index (χ2n) is 4.67. The van der Waals surface area contributed by atoms with Crippen LogP contribution in [0, 0.1) is 11.6 Å². The smallest absolute Gasteiger partial charge is 0.163 e. The van der Waals surface area contributed by atoms with E-state index < -0.39 is 11.6 Å². The van der Waals surface area contributed by atoms with Crippen molar-refractivity contribution in [2.75, 3.05) is 13.2 Å². The molecular weight excluding hydrogens is 236 g/mol. The molecule has 0 atom stereocenters. The van der Waals surface area contributed by atoms with E-state index in [4.69, 9.17) is 4.74 Å². The largest absolute Gasteiger partial charge is 0.377 e. The Bertz CT molecular complexity index is 378. The first kappa shape index (κ1) is 13.4. The van der Waals surface area contributed by atoms with Crippen molar-refractivity contribution in [2.45, 2.75) is 38.3 Å². The average Bonchev–Trinajstić information content (AvgIpc) is 2.87. The summed E-state index contributed by atoms with van der Waals surface area (Å²) in [6.45, 7) is 1.62. The molecule has 0 bridgehead atoms. The van der Waals surface area contributed by atoms with Gasteiger partial charge in [-0.2, -0.15) is 0 Å². The molecule has 0 unspecified atom stereocenters. The van der Waals surface area contributed by atoms with Gasteiger partial charge in [0, 0.05) is 18.7 Å². The van der Waals surface area contributed by atoms with Crippen molar-refractivity contribution < 1.29 is 13.5 Å². The lowest BCUT2D eigenvalue weighted by atomic mass is 10.2. The topological polar surface area (TPSA) is 21.3 Å². The zero-order valence-corrected chi connectivity index (χ0v) is 10.4. The molecule has 0 aromatic heterocycles. The second-order valence-corrected chi connectivity index (χ2v) is 4.67. The molecule has 1 saturated carbocycles. The van der Waals surface area contributed by atoms with Crippen LogP contribution in [0.2, 0.25) is 0 Å². The fourth-order valence-corrected chi connectivity index (χ4v) is 2.26. The maximum absolute atomic E-state index is 13.3. The molecule has 100 valence electrons. The number of hydrogen-bond donors (Lipinski definition) is 1. The Morgan fingerprint density at radius 3 is 2.78 bits per heavy atom. The number of nitrogens with one attached hydrogen (secondary N) is 1. The van der Waals surface area contributed by atoms with Gasteiger partial charge in [-0.3, -0.25) is 0 Å². The Morgan fingerprint density at radius 2 is 2.00 bits per heavy atom. The van der Waals surface area contributed by atoms with E-state index in [0.717, 1.165) is 18.9 Å². The predicted molar refractivity (Wildman–Crippen MR) is 66.3 cm³/mol. The standard InChI is InChI=1S/C14H19F2NO/c15-13-7-3-4-11(14(13)16)10-17-8-9-18-12-5-1-2-6-12/h3-4,7,12,17H,1-2,5-6,8-10H2. The highest BCUT2D eigenvalue weighted by molar-refractivity contribution is 5.18. The molecule has 18 heavy (non-hydrogen) atoms. The fraction of sp³-hybridized carbons (Fsp3) is 0.571. The Labute approximate surface area is 106 Å². The lowest BCUT2D eigenvalue weighted by Crippen LogP contribution is -2.22. The quantitative estimate of drug-likeness (QED) is 0.789. The molecule has 1 aromatic carbocycles. The summed E-state index contributed by atoms with van der Waals surface area (Å²) >= 11 is 0. The first-order valence-electron chi connectivity index (χ1n) is 6.52. The number of rotatable bonds is 6. The van der Waals surface area contributed by atoms with Crippen molar-refractivity contribution in [1.29, 1.82) is 0 Å². The van der Waals surface area contributed by atoms with E-state index in [9.17, 15) is 8.78 Å². The Morgan fingerprint density at radius 1 is 1.22 bits per heavy atom. The maximum Gasteiger partial charge on any atom is 0.163 e. The van der Waals surface area contributed by atoms with E-state index >= 15 is 0 Å². The highest BCUT2D eigenvalue weighted by atomic mass is 19.2. The summed E-state index contributed by atoms with van der Waals surface area (Å²) in [6, 6.07) is 4.23. The molecule has 1 N–H and O–H groups in total. The van der Waals surface area contributed by atoms with Gasteiger partial charge in [-0.25, -0.2) is 8.78 Å². The lowest BCUT2D eigenvalue weighted by molar-refractivity contribution is 0.0602. The van der Waals surface area contributed by atoms with Crippen molar-refractivity contribution in [3.63, 3.8) is 0 Å². The molecule has 4 heteroatoms. The first-order valence-corrected chi connectivity index (χ1v) is 6.52. The third kappa shape index (κ3) is 3.75. The minimum atomic E-state index is -0.795. The highest BCUT2D eigenvalue weighted by Crippen LogP contribution is 2.20. The number of ether oxygens (including phenoxy) is 1. The Balaban J connectivity index is 1.64. The van der Waals surface area contributed by atoms with Gasteiger partial charge in [0.25, 0.3) is 0 Å². The van der Waals surface area contributed by atoms with Crippen molar-refractivity contribution in [2.24, 2.45) is 0 Å². The van der Waals surface area contributed by atoms with Crippen LogP contribution in [-0.4, -0.2) is 19.3 Å². The first-order chi connectivity index (χ1) is 8.77. The van der Waals surface area contributed by atoms with Crippen molar-refractivity contribution >= 4 is 0 Å². The van der Waals surface area contributed by atoms with E-state index in [2.05, 4.69) is 5.32 Å². The van der Waals surface area contributed by atoms with E-state index in [1.54, 1.807) is 6.07 Å². The minimum Gasteiger partial charge on any atom is -0.377 e. The van der Waals surface area contributed by atoms with E-state index in [-0.39, 0.29) is 0 Å². The zero-order chi connectivity index (χ0) is 12.8. The van der Waals surface area contributed by atoms with E-state index in [1.807, 2.05) is 0 Å². The molecule has 0 heterocycles. The number of hydrogen-bond acceptors (Lipinski definition) is 2. The summed E-state index contributed by atoms with van der Waals surface area (Å²) in [6.07, 6.45) is 5.22. The Hall–Kier alpha value is -1.00. The molecule has 2 rings (SSSR count). The van der Waals surface area contributed by atoms with Crippen molar-refractivity contribution in [1.82, 2.24) is 5.32 Å².